The van der Waals surface area contributed by atoms with Crippen LogP contribution in [-0.4, -0.2) is 32.3 Å². The average Bonchev–Trinajstić information content (AvgIpc) is 2.78. The fourth-order valence-corrected chi connectivity index (χ4v) is 3.61. The Balaban J connectivity index is 1.36. The van der Waals surface area contributed by atoms with Gasteiger partial charge in [0, 0.05) is 22.7 Å². The molecule has 160 valence electrons. The predicted octanol–water partition coefficient (Wildman–Crippen LogP) is 4.83. The van der Waals surface area contributed by atoms with Crippen molar-refractivity contribution in [2.45, 2.75) is 25.7 Å². The van der Waals surface area contributed by atoms with Crippen LogP contribution in [0.25, 0.3) is 22.2 Å². The highest BCUT2D eigenvalue weighted by Crippen LogP contribution is 2.27. The van der Waals surface area contributed by atoms with Crippen molar-refractivity contribution in [3.05, 3.63) is 78.3 Å². The minimum Gasteiger partial charge on any atom is -0.476 e. The summed E-state index contributed by atoms with van der Waals surface area (Å²) in [5, 5.41) is 0.858. The van der Waals surface area contributed by atoms with Crippen molar-refractivity contribution in [3.8, 4) is 17.1 Å². The first-order valence-electron chi connectivity index (χ1n) is 10.6. The van der Waals surface area contributed by atoms with Gasteiger partial charge in [0.15, 0.2) is 5.78 Å². The van der Waals surface area contributed by atoms with Crippen LogP contribution in [0.3, 0.4) is 0 Å². The van der Waals surface area contributed by atoms with Gasteiger partial charge in [-0.1, -0.05) is 18.6 Å². The van der Waals surface area contributed by atoms with Crippen LogP contribution in [0.2, 0.25) is 0 Å². The van der Waals surface area contributed by atoms with Crippen molar-refractivity contribution in [1.82, 2.24) is 19.9 Å². The SMILES string of the molecule is O=C(Cc1ncc2ccc(-c3cncc(OCC4CCC4)n3)cc2n1)c1ccc(F)cc1. The molecule has 0 N–H and O–H groups in total. The maximum absolute atomic E-state index is 13.1. The molecule has 6 nitrogen and oxygen atoms in total. The number of nitrogens with zero attached hydrogens (tertiary/aromatic N) is 4. The monoisotopic (exact) mass is 428 g/mol. The maximum Gasteiger partial charge on any atom is 0.232 e. The smallest absolute Gasteiger partial charge is 0.232 e. The van der Waals surface area contributed by atoms with Crippen molar-refractivity contribution >= 4 is 16.7 Å². The highest BCUT2D eigenvalue weighted by Gasteiger charge is 2.18. The molecule has 1 aliphatic rings. The molecule has 2 aromatic heterocycles. The summed E-state index contributed by atoms with van der Waals surface area (Å²) in [5.74, 6) is 1.00. The zero-order valence-corrected chi connectivity index (χ0v) is 17.4. The number of rotatable bonds is 7. The standard InChI is InChI=1S/C25H21FN4O2/c26-20-8-6-17(7-9-20)23(31)11-24-28-12-19-5-4-18(10-21(19)29-24)22-13-27-14-25(30-22)32-15-16-2-1-3-16/h4-10,12-14,16H,1-3,11,15H2. The van der Waals surface area contributed by atoms with E-state index >= 15 is 0 Å². The molecule has 0 aliphatic heterocycles. The molecule has 4 aromatic rings. The van der Waals surface area contributed by atoms with E-state index < -0.39 is 0 Å². The predicted molar refractivity (Wildman–Crippen MR) is 118 cm³/mol. The first-order chi connectivity index (χ1) is 15.6. The molecule has 0 radical (unpaired) electrons. The van der Waals surface area contributed by atoms with Crippen molar-refractivity contribution in [2.24, 2.45) is 5.92 Å². The molecule has 0 unspecified atom stereocenters. The second-order valence-electron chi connectivity index (χ2n) is 8.02. The summed E-state index contributed by atoms with van der Waals surface area (Å²) >= 11 is 0. The number of ketones is 1. The van der Waals surface area contributed by atoms with Crippen molar-refractivity contribution in [3.63, 3.8) is 0 Å². The van der Waals surface area contributed by atoms with E-state index in [1.54, 1.807) is 18.6 Å². The Bertz CT molecular complexity index is 1270. The molecule has 2 heterocycles. The van der Waals surface area contributed by atoms with Crippen LogP contribution in [-0.2, 0) is 6.42 Å². The number of hydrogen-bond donors (Lipinski definition) is 0. The van der Waals surface area contributed by atoms with E-state index in [0.29, 0.717) is 41.0 Å². The number of ether oxygens (including phenoxy) is 1. The van der Waals surface area contributed by atoms with Crippen LogP contribution in [0.4, 0.5) is 4.39 Å². The minimum atomic E-state index is -0.378. The van der Waals surface area contributed by atoms with Crippen LogP contribution in [0.15, 0.2) is 61.1 Å². The molecular weight excluding hydrogens is 407 g/mol. The molecule has 0 amide bonds. The molecule has 0 spiro atoms. The number of Topliss-reactive ketones (excluding diaryl/α,β-unsaturated/α-hetero) is 1. The highest BCUT2D eigenvalue weighted by atomic mass is 19.1. The highest BCUT2D eigenvalue weighted by molar-refractivity contribution is 5.97. The third-order valence-electron chi connectivity index (χ3n) is 5.72. The van der Waals surface area contributed by atoms with E-state index in [9.17, 15) is 9.18 Å². The van der Waals surface area contributed by atoms with Gasteiger partial charge in [-0.3, -0.25) is 9.78 Å². The molecule has 0 bridgehead atoms. The fraction of sp³-hybridized carbons (Fsp3) is 0.240. The lowest BCUT2D eigenvalue weighted by atomic mass is 9.86. The third kappa shape index (κ3) is 4.46. The number of fused-ring (bicyclic) bond motifs is 1. The van der Waals surface area contributed by atoms with Crippen LogP contribution in [0.5, 0.6) is 5.88 Å². The number of carbonyl (C=O) groups is 1. The Morgan fingerprint density at radius 1 is 1.03 bits per heavy atom. The third-order valence-corrected chi connectivity index (χ3v) is 5.72. The molecule has 0 saturated heterocycles. The zero-order chi connectivity index (χ0) is 21.9. The average molecular weight is 428 g/mol. The Morgan fingerprint density at radius 3 is 2.66 bits per heavy atom. The summed E-state index contributed by atoms with van der Waals surface area (Å²) in [6.07, 6.45) is 8.75. The van der Waals surface area contributed by atoms with Gasteiger partial charge in [0.2, 0.25) is 5.88 Å². The van der Waals surface area contributed by atoms with E-state index in [-0.39, 0.29) is 18.0 Å². The second-order valence-corrected chi connectivity index (χ2v) is 8.02. The number of aromatic nitrogens is 4. The lowest BCUT2D eigenvalue weighted by molar-refractivity contribution is 0.0991. The van der Waals surface area contributed by atoms with Gasteiger partial charge in [0.05, 0.1) is 36.6 Å². The topological polar surface area (TPSA) is 77.9 Å². The Hall–Kier alpha value is -3.74. The van der Waals surface area contributed by atoms with Crippen molar-refractivity contribution < 1.29 is 13.9 Å². The Labute approximate surface area is 184 Å². The molecule has 1 saturated carbocycles. The van der Waals surface area contributed by atoms with E-state index in [1.807, 2.05) is 18.2 Å². The molecule has 32 heavy (non-hydrogen) atoms. The van der Waals surface area contributed by atoms with Crippen LogP contribution in [0.1, 0.15) is 35.4 Å². The number of halogens is 1. The molecule has 0 atom stereocenters. The van der Waals surface area contributed by atoms with Gasteiger partial charge in [-0.2, -0.15) is 0 Å². The molecule has 1 fully saturated rings. The first kappa shape index (κ1) is 20.2. The number of carbonyl (C=O) groups excluding carboxylic acids is 1. The number of hydrogen-bond acceptors (Lipinski definition) is 6. The fourth-order valence-electron chi connectivity index (χ4n) is 3.61. The van der Waals surface area contributed by atoms with Crippen LogP contribution in [0, 0.1) is 11.7 Å². The lowest BCUT2D eigenvalue weighted by Crippen LogP contribution is -2.19. The Kier molecular flexibility index (Phi) is 5.54. The van der Waals surface area contributed by atoms with Crippen LogP contribution < -0.4 is 4.74 Å². The normalized spacial score (nSPS) is 13.7. The Morgan fingerprint density at radius 2 is 1.88 bits per heavy atom. The van der Waals surface area contributed by atoms with Crippen molar-refractivity contribution in [1.29, 1.82) is 0 Å². The van der Waals surface area contributed by atoms with Gasteiger partial charge >= 0.3 is 0 Å². The van der Waals surface area contributed by atoms with Gasteiger partial charge in [-0.05, 0) is 49.1 Å². The van der Waals surface area contributed by atoms with E-state index in [0.717, 1.165) is 10.9 Å². The largest absolute Gasteiger partial charge is 0.476 e. The summed E-state index contributed by atoms with van der Waals surface area (Å²) in [5.41, 5.74) is 2.69. The maximum atomic E-state index is 13.1. The van der Waals surface area contributed by atoms with Gasteiger partial charge < -0.3 is 4.74 Å². The minimum absolute atomic E-state index is 0.0378. The van der Waals surface area contributed by atoms with Gasteiger partial charge in [0.25, 0.3) is 0 Å². The van der Waals surface area contributed by atoms with Gasteiger partial charge in [0.1, 0.15) is 11.6 Å². The summed E-state index contributed by atoms with van der Waals surface area (Å²) in [6.45, 7) is 0.675. The van der Waals surface area contributed by atoms with Gasteiger partial charge in [-0.15, -0.1) is 0 Å². The molecule has 2 aromatic carbocycles. The van der Waals surface area contributed by atoms with E-state index in [4.69, 9.17) is 4.74 Å². The first-order valence-corrected chi connectivity index (χ1v) is 10.6. The number of benzene rings is 2. The van der Waals surface area contributed by atoms with E-state index in [2.05, 4.69) is 19.9 Å². The van der Waals surface area contributed by atoms with Crippen molar-refractivity contribution in [2.75, 3.05) is 6.61 Å². The summed E-state index contributed by atoms with van der Waals surface area (Å²) < 4.78 is 18.9. The molecule has 1 aliphatic carbocycles. The molecular formula is C25H21FN4O2. The zero-order valence-electron chi connectivity index (χ0n) is 17.4. The molecule has 5 rings (SSSR count). The second kappa shape index (κ2) is 8.78. The summed E-state index contributed by atoms with van der Waals surface area (Å²) in [7, 11) is 0. The summed E-state index contributed by atoms with van der Waals surface area (Å²) in [6, 6.07) is 11.2. The quantitative estimate of drug-likeness (QED) is 0.392. The van der Waals surface area contributed by atoms with Crippen LogP contribution >= 0.6 is 0 Å². The van der Waals surface area contributed by atoms with Gasteiger partial charge in [-0.25, -0.2) is 19.3 Å². The molecule has 7 heteroatoms. The summed E-state index contributed by atoms with van der Waals surface area (Å²) in [4.78, 5) is 30.2. The van der Waals surface area contributed by atoms with E-state index in [1.165, 1.54) is 43.5 Å². The lowest BCUT2D eigenvalue weighted by Gasteiger charge is -2.24.